The summed E-state index contributed by atoms with van der Waals surface area (Å²) in [6.07, 6.45) is 1.30. The number of hydrazone groups is 1. The standard InChI is InChI=1S/C23H16BrCl2N3O5/c1-33-20-10-13(2-9-19(20)34-23(32)17-8-5-15(25)11-18(17)26)12-27-29-22(31)21(30)28-16-6-3-14(24)4-7-16/h2-12H,1H3,(H,28,30)(H,29,31)/b27-12-. The minimum absolute atomic E-state index is 0.142. The fraction of sp³-hybridized carbons (Fsp3) is 0.0435. The van der Waals surface area contributed by atoms with Gasteiger partial charge < -0.3 is 14.8 Å². The molecular formula is C23H16BrCl2N3O5. The topological polar surface area (TPSA) is 106 Å². The van der Waals surface area contributed by atoms with Gasteiger partial charge in [-0.1, -0.05) is 39.1 Å². The second-order valence-electron chi connectivity index (χ2n) is 6.58. The Morgan fingerprint density at radius 3 is 2.35 bits per heavy atom. The summed E-state index contributed by atoms with van der Waals surface area (Å²) in [7, 11) is 1.40. The monoisotopic (exact) mass is 563 g/mol. The minimum atomic E-state index is -0.948. The van der Waals surface area contributed by atoms with Gasteiger partial charge in [-0.3, -0.25) is 9.59 Å². The molecule has 3 aromatic rings. The molecule has 0 heterocycles. The molecule has 2 N–H and O–H groups in total. The molecule has 0 unspecified atom stereocenters. The van der Waals surface area contributed by atoms with Gasteiger partial charge in [-0.15, -0.1) is 0 Å². The first kappa shape index (κ1) is 25.2. The van der Waals surface area contributed by atoms with Gasteiger partial charge in [0.1, 0.15) is 0 Å². The molecule has 3 aromatic carbocycles. The maximum atomic E-state index is 12.4. The van der Waals surface area contributed by atoms with Gasteiger partial charge in [0.2, 0.25) is 0 Å². The van der Waals surface area contributed by atoms with Crippen LogP contribution in [0.25, 0.3) is 0 Å². The van der Waals surface area contributed by atoms with Crippen LogP contribution in [0.15, 0.2) is 70.2 Å². The summed E-state index contributed by atoms with van der Waals surface area (Å²) in [6, 6.07) is 15.7. The molecule has 0 aliphatic rings. The largest absolute Gasteiger partial charge is 0.493 e. The number of hydrogen-bond acceptors (Lipinski definition) is 6. The van der Waals surface area contributed by atoms with Crippen molar-refractivity contribution < 1.29 is 23.9 Å². The molecule has 11 heteroatoms. The quantitative estimate of drug-likeness (QED) is 0.143. The van der Waals surface area contributed by atoms with Crippen LogP contribution in [0.1, 0.15) is 15.9 Å². The number of halogens is 3. The van der Waals surface area contributed by atoms with Crippen LogP contribution in [-0.4, -0.2) is 31.1 Å². The van der Waals surface area contributed by atoms with Gasteiger partial charge in [0.05, 0.1) is 23.9 Å². The molecular weight excluding hydrogens is 549 g/mol. The number of benzene rings is 3. The predicted molar refractivity (Wildman–Crippen MR) is 133 cm³/mol. The summed E-state index contributed by atoms with van der Waals surface area (Å²) in [6.45, 7) is 0. The molecule has 0 saturated heterocycles. The molecule has 0 fully saturated rings. The number of anilines is 1. The second-order valence-corrected chi connectivity index (χ2v) is 8.34. The highest BCUT2D eigenvalue weighted by Gasteiger charge is 2.16. The van der Waals surface area contributed by atoms with E-state index in [9.17, 15) is 14.4 Å². The van der Waals surface area contributed by atoms with Crippen molar-refractivity contribution in [2.24, 2.45) is 5.10 Å². The first-order valence-electron chi connectivity index (χ1n) is 9.52. The van der Waals surface area contributed by atoms with Gasteiger partial charge in [-0.2, -0.15) is 5.10 Å². The lowest BCUT2D eigenvalue weighted by Gasteiger charge is -2.10. The van der Waals surface area contributed by atoms with Gasteiger partial charge in [0.25, 0.3) is 0 Å². The van der Waals surface area contributed by atoms with Crippen LogP contribution in [0.3, 0.4) is 0 Å². The van der Waals surface area contributed by atoms with Crippen molar-refractivity contribution in [3.8, 4) is 11.5 Å². The molecule has 0 aliphatic heterocycles. The van der Waals surface area contributed by atoms with E-state index in [4.69, 9.17) is 32.7 Å². The highest BCUT2D eigenvalue weighted by Crippen LogP contribution is 2.30. The number of nitrogens with zero attached hydrogens (tertiary/aromatic N) is 1. The van der Waals surface area contributed by atoms with Crippen LogP contribution < -0.4 is 20.2 Å². The zero-order valence-electron chi connectivity index (χ0n) is 17.5. The highest BCUT2D eigenvalue weighted by molar-refractivity contribution is 9.10. The molecule has 0 radical (unpaired) electrons. The third-order valence-corrected chi connectivity index (χ3v) is 5.31. The Kier molecular flexibility index (Phi) is 8.64. The fourth-order valence-electron chi connectivity index (χ4n) is 2.60. The number of rotatable bonds is 6. The van der Waals surface area contributed by atoms with Gasteiger partial charge in [0.15, 0.2) is 11.5 Å². The Hall–Kier alpha value is -3.40. The van der Waals surface area contributed by atoms with Crippen molar-refractivity contribution in [2.45, 2.75) is 0 Å². The summed E-state index contributed by atoms with van der Waals surface area (Å²) >= 11 is 15.2. The summed E-state index contributed by atoms with van der Waals surface area (Å²) < 4.78 is 11.5. The number of hydrogen-bond donors (Lipinski definition) is 2. The zero-order chi connectivity index (χ0) is 24.7. The number of carbonyl (C=O) groups is 3. The minimum Gasteiger partial charge on any atom is -0.493 e. The first-order valence-corrected chi connectivity index (χ1v) is 11.1. The normalized spacial score (nSPS) is 10.6. The summed E-state index contributed by atoms with van der Waals surface area (Å²) in [4.78, 5) is 36.3. The van der Waals surface area contributed by atoms with Crippen LogP contribution in [0.5, 0.6) is 11.5 Å². The number of ether oxygens (including phenoxy) is 2. The summed E-state index contributed by atoms with van der Waals surface area (Å²) in [5.41, 5.74) is 3.25. The van der Waals surface area contributed by atoms with Crippen LogP contribution in [0.4, 0.5) is 5.69 Å². The smallest absolute Gasteiger partial charge is 0.345 e. The van der Waals surface area contributed by atoms with Crippen LogP contribution in [-0.2, 0) is 9.59 Å². The first-order chi connectivity index (χ1) is 16.3. The summed E-state index contributed by atoms with van der Waals surface area (Å²) in [5.74, 6) is -2.13. The lowest BCUT2D eigenvalue weighted by Crippen LogP contribution is -2.32. The molecule has 0 saturated carbocycles. The van der Waals surface area contributed by atoms with Crippen LogP contribution in [0, 0.1) is 0 Å². The van der Waals surface area contributed by atoms with Gasteiger partial charge in [0, 0.05) is 15.2 Å². The third kappa shape index (κ3) is 6.80. The molecule has 3 rings (SSSR count). The van der Waals surface area contributed by atoms with E-state index in [1.807, 2.05) is 0 Å². The average molecular weight is 565 g/mol. The van der Waals surface area contributed by atoms with E-state index < -0.39 is 17.8 Å². The van der Waals surface area contributed by atoms with Gasteiger partial charge >= 0.3 is 17.8 Å². The molecule has 0 bridgehead atoms. The lowest BCUT2D eigenvalue weighted by atomic mass is 10.2. The highest BCUT2D eigenvalue weighted by atomic mass is 79.9. The van der Waals surface area contributed by atoms with Crippen LogP contribution in [0.2, 0.25) is 10.0 Å². The Labute approximate surface area is 213 Å². The molecule has 34 heavy (non-hydrogen) atoms. The Bertz CT molecular complexity index is 1270. The number of methoxy groups -OCH3 is 1. The molecule has 0 aliphatic carbocycles. The average Bonchev–Trinajstić information content (AvgIpc) is 2.81. The Balaban J connectivity index is 1.62. The molecule has 8 nitrogen and oxygen atoms in total. The summed E-state index contributed by atoms with van der Waals surface area (Å²) in [5, 5.41) is 6.76. The van der Waals surface area contributed by atoms with E-state index in [1.54, 1.807) is 30.3 Å². The molecule has 174 valence electrons. The van der Waals surface area contributed by atoms with Crippen molar-refractivity contribution in [2.75, 3.05) is 12.4 Å². The van der Waals surface area contributed by atoms with Crippen molar-refractivity contribution in [3.63, 3.8) is 0 Å². The van der Waals surface area contributed by atoms with Crippen molar-refractivity contribution in [1.29, 1.82) is 0 Å². The predicted octanol–water partition coefficient (Wildman–Crippen LogP) is 5.07. The molecule has 0 spiro atoms. The maximum Gasteiger partial charge on any atom is 0.345 e. The van der Waals surface area contributed by atoms with E-state index >= 15 is 0 Å². The second kappa shape index (κ2) is 11.6. The molecule has 0 atom stereocenters. The Morgan fingerprint density at radius 1 is 0.941 bits per heavy atom. The molecule has 2 amide bonds. The van der Waals surface area contributed by atoms with E-state index in [1.165, 1.54) is 43.7 Å². The third-order valence-electron chi connectivity index (χ3n) is 4.23. The zero-order valence-corrected chi connectivity index (χ0v) is 20.6. The maximum absolute atomic E-state index is 12.4. The fourth-order valence-corrected chi connectivity index (χ4v) is 3.35. The number of esters is 1. The van der Waals surface area contributed by atoms with Gasteiger partial charge in [-0.05, 0) is 66.2 Å². The number of amides is 2. The number of nitrogens with one attached hydrogen (secondary N) is 2. The number of carbonyl (C=O) groups excluding carboxylic acids is 3. The van der Waals surface area contributed by atoms with Crippen molar-refractivity contribution in [3.05, 3.63) is 86.3 Å². The Morgan fingerprint density at radius 2 is 1.68 bits per heavy atom. The van der Waals surface area contributed by atoms with E-state index in [0.717, 1.165) is 4.47 Å². The lowest BCUT2D eigenvalue weighted by molar-refractivity contribution is -0.136. The molecule has 0 aromatic heterocycles. The van der Waals surface area contributed by atoms with Crippen molar-refractivity contribution >= 4 is 68.8 Å². The van der Waals surface area contributed by atoms with Gasteiger partial charge in [-0.25, -0.2) is 10.2 Å². The van der Waals surface area contributed by atoms with E-state index in [0.29, 0.717) is 16.3 Å². The van der Waals surface area contributed by atoms with E-state index in [-0.39, 0.29) is 22.1 Å². The van der Waals surface area contributed by atoms with Crippen molar-refractivity contribution in [1.82, 2.24) is 5.43 Å². The SMILES string of the molecule is COc1cc(/C=N\NC(=O)C(=O)Nc2ccc(Br)cc2)ccc1OC(=O)c1ccc(Cl)cc1Cl. The van der Waals surface area contributed by atoms with E-state index in [2.05, 4.69) is 31.8 Å². The van der Waals surface area contributed by atoms with Crippen LogP contribution >= 0.6 is 39.1 Å².